The molecule has 0 radical (unpaired) electrons. The Hall–Kier alpha value is -1.40. The smallest absolute Gasteiger partial charge is 0.319 e. The van der Waals surface area contributed by atoms with Gasteiger partial charge in [-0.3, -0.25) is 0 Å². The van der Waals surface area contributed by atoms with Crippen molar-refractivity contribution in [1.82, 2.24) is 5.32 Å². The lowest BCUT2D eigenvalue weighted by Gasteiger charge is -2.25. The maximum atomic E-state index is 13.5. The summed E-state index contributed by atoms with van der Waals surface area (Å²) in [5.74, 6) is -1.93. The first kappa shape index (κ1) is 16.7. The molecule has 2 amide bonds. The van der Waals surface area contributed by atoms with E-state index in [1.807, 2.05) is 0 Å². The fourth-order valence-corrected chi connectivity index (χ4v) is 1.76. The van der Waals surface area contributed by atoms with Crippen LogP contribution in [0, 0.1) is 11.6 Å². The first-order chi connectivity index (χ1) is 9.31. The molecule has 0 aliphatic rings. The van der Waals surface area contributed by atoms with Crippen molar-refractivity contribution < 1.29 is 18.7 Å². The fraction of sp³-hybridized carbons (Fsp3) is 0.462. The van der Waals surface area contributed by atoms with Gasteiger partial charge >= 0.3 is 6.03 Å². The second kappa shape index (κ2) is 6.85. The molecule has 1 aromatic carbocycles. The Morgan fingerprint density at radius 1 is 1.30 bits per heavy atom. The normalized spacial score (nSPS) is 11.3. The number of anilines is 1. The van der Waals surface area contributed by atoms with Crippen molar-refractivity contribution in [1.29, 1.82) is 0 Å². The third-order valence-electron chi connectivity index (χ3n) is 3.14. The van der Waals surface area contributed by atoms with Gasteiger partial charge < -0.3 is 15.7 Å². The second-order valence-corrected chi connectivity index (χ2v) is 4.92. The highest BCUT2D eigenvalue weighted by Crippen LogP contribution is 2.23. The fourth-order valence-electron chi connectivity index (χ4n) is 1.56. The molecule has 4 nitrogen and oxygen atoms in total. The molecule has 1 aromatic rings. The maximum absolute atomic E-state index is 13.5. The van der Waals surface area contributed by atoms with Crippen LogP contribution in [0.5, 0.6) is 0 Å². The summed E-state index contributed by atoms with van der Waals surface area (Å²) < 4.78 is 26.9. The van der Waals surface area contributed by atoms with Crippen molar-refractivity contribution in [2.75, 3.05) is 11.9 Å². The summed E-state index contributed by atoms with van der Waals surface area (Å²) in [4.78, 5) is 11.6. The van der Waals surface area contributed by atoms with Gasteiger partial charge in [0, 0.05) is 11.6 Å². The number of rotatable bonds is 5. The summed E-state index contributed by atoms with van der Waals surface area (Å²) in [5.41, 5.74) is -1.61. The van der Waals surface area contributed by atoms with Crippen molar-refractivity contribution in [3.63, 3.8) is 0 Å². The summed E-state index contributed by atoms with van der Waals surface area (Å²) in [6.45, 7) is 3.55. The zero-order valence-electron chi connectivity index (χ0n) is 11.3. The predicted octanol–water partition coefficient (Wildman–Crippen LogP) is 3.29. The highest BCUT2D eigenvalue weighted by molar-refractivity contribution is 6.30. The Balaban J connectivity index is 2.68. The number of halogens is 3. The van der Waals surface area contributed by atoms with Crippen LogP contribution in [0.1, 0.15) is 26.7 Å². The van der Waals surface area contributed by atoms with Crippen molar-refractivity contribution in [2.45, 2.75) is 32.3 Å². The van der Waals surface area contributed by atoms with E-state index in [2.05, 4.69) is 10.6 Å². The van der Waals surface area contributed by atoms with Crippen LogP contribution in [0.4, 0.5) is 19.3 Å². The van der Waals surface area contributed by atoms with E-state index in [-0.39, 0.29) is 11.6 Å². The van der Waals surface area contributed by atoms with Gasteiger partial charge in [0.2, 0.25) is 0 Å². The van der Waals surface area contributed by atoms with Crippen LogP contribution in [-0.2, 0) is 0 Å². The number of carbonyl (C=O) groups excluding carboxylic acids is 1. The molecule has 0 aliphatic heterocycles. The van der Waals surface area contributed by atoms with Crippen LogP contribution in [-0.4, -0.2) is 23.3 Å². The Morgan fingerprint density at radius 2 is 1.80 bits per heavy atom. The zero-order chi connectivity index (χ0) is 15.3. The van der Waals surface area contributed by atoms with Gasteiger partial charge in [-0.25, -0.2) is 13.6 Å². The van der Waals surface area contributed by atoms with E-state index in [4.69, 9.17) is 11.6 Å². The molecule has 0 aromatic heterocycles. The minimum Gasteiger partial charge on any atom is -0.388 e. The molecule has 0 spiro atoms. The molecule has 20 heavy (non-hydrogen) atoms. The van der Waals surface area contributed by atoms with Gasteiger partial charge in [-0.1, -0.05) is 25.4 Å². The van der Waals surface area contributed by atoms with Crippen molar-refractivity contribution in [2.24, 2.45) is 0 Å². The Kier molecular flexibility index (Phi) is 5.71. The first-order valence-electron chi connectivity index (χ1n) is 6.23. The molecule has 1 rings (SSSR count). The highest BCUT2D eigenvalue weighted by atomic mass is 35.5. The molecule has 0 heterocycles. The molecular formula is C13H17ClF2N2O2. The first-order valence-corrected chi connectivity index (χ1v) is 6.61. The molecular weight excluding hydrogens is 290 g/mol. The van der Waals surface area contributed by atoms with Gasteiger partial charge in [0.25, 0.3) is 0 Å². The molecule has 0 saturated carbocycles. The monoisotopic (exact) mass is 306 g/mol. The second-order valence-electron chi connectivity index (χ2n) is 4.48. The van der Waals surface area contributed by atoms with Gasteiger partial charge in [-0.15, -0.1) is 0 Å². The average molecular weight is 307 g/mol. The van der Waals surface area contributed by atoms with Crippen LogP contribution in [0.3, 0.4) is 0 Å². The number of amides is 2. The summed E-state index contributed by atoms with van der Waals surface area (Å²) in [7, 11) is 0. The molecule has 112 valence electrons. The summed E-state index contributed by atoms with van der Waals surface area (Å²) >= 11 is 5.48. The Morgan fingerprint density at radius 3 is 2.25 bits per heavy atom. The maximum Gasteiger partial charge on any atom is 0.319 e. The van der Waals surface area contributed by atoms with E-state index in [9.17, 15) is 18.7 Å². The number of urea groups is 1. The lowest BCUT2D eigenvalue weighted by molar-refractivity contribution is 0.0354. The summed E-state index contributed by atoms with van der Waals surface area (Å²) in [6, 6.07) is 0.994. The molecule has 0 saturated heterocycles. The van der Waals surface area contributed by atoms with E-state index in [1.54, 1.807) is 13.8 Å². The molecule has 0 bridgehead atoms. The van der Waals surface area contributed by atoms with Gasteiger partial charge in [-0.05, 0) is 25.0 Å². The standard InChI is InChI=1S/C13H17ClF2N2O2/c1-3-13(20,4-2)7-17-12(19)18-11-9(15)5-8(14)6-10(11)16/h5-6,20H,3-4,7H2,1-2H3,(H2,17,18,19). The van der Waals surface area contributed by atoms with Crippen molar-refractivity contribution >= 4 is 23.3 Å². The van der Waals surface area contributed by atoms with Crippen LogP contribution in [0.2, 0.25) is 5.02 Å². The van der Waals surface area contributed by atoms with Gasteiger partial charge in [0.15, 0.2) is 11.6 Å². The number of nitrogens with one attached hydrogen (secondary N) is 2. The molecule has 0 fully saturated rings. The number of aliphatic hydroxyl groups is 1. The van der Waals surface area contributed by atoms with Gasteiger partial charge in [0.05, 0.1) is 5.60 Å². The molecule has 0 unspecified atom stereocenters. The topological polar surface area (TPSA) is 61.4 Å². The summed E-state index contributed by atoms with van der Waals surface area (Å²) in [6.07, 6.45) is 0.904. The molecule has 0 aliphatic carbocycles. The van der Waals surface area contributed by atoms with Gasteiger partial charge in [0.1, 0.15) is 5.69 Å². The SMILES string of the molecule is CCC(O)(CC)CNC(=O)Nc1c(F)cc(Cl)cc1F. The number of benzene rings is 1. The van der Waals surface area contributed by atoms with Gasteiger partial charge in [-0.2, -0.15) is 0 Å². The van der Waals surface area contributed by atoms with Crippen molar-refractivity contribution in [3.05, 3.63) is 28.8 Å². The number of carbonyl (C=O) groups is 1. The highest BCUT2D eigenvalue weighted by Gasteiger charge is 2.23. The van der Waals surface area contributed by atoms with Crippen LogP contribution in [0.15, 0.2) is 12.1 Å². The van der Waals surface area contributed by atoms with Crippen molar-refractivity contribution in [3.8, 4) is 0 Å². The average Bonchev–Trinajstić information content (AvgIpc) is 2.40. The molecule has 3 N–H and O–H groups in total. The Bertz CT molecular complexity index is 470. The minimum absolute atomic E-state index is 0.0112. The lowest BCUT2D eigenvalue weighted by Crippen LogP contribution is -2.43. The third kappa shape index (κ3) is 4.31. The van der Waals surface area contributed by atoms with Crippen LogP contribution < -0.4 is 10.6 Å². The minimum atomic E-state index is -1.03. The van der Waals surface area contributed by atoms with Crippen LogP contribution in [0.25, 0.3) is 0 Å². The summed E-state index contributed by atoms with van der Waals surface area (Å²) in [5, 5.41) is 14.3. The largest absolute Gasteiger partial charge is 0.388 e. The molecule has 7 heteroatoms. The van der Waals surface area contributed by atoms with E-state index in [1.165, 1.54) is 0 Å². The number of hydrogen-bond donors (Lipinski definition) is 3. The van der Waals surface area contributed by atoms with E-state index >= 15 is 0 Å². The van der Waals surface area contributed by atoms with E-state index < -0.39 is 29.0 Å². The quantitative estimate of drug-likeness (QED) is 0.781. The van der Waals surface area contributed by atoms with Crippen LogP contribution >= 0.6 is 11.6 Å². The van der Waals surface area contributed by atoms with E-state index in [0.717, 1.165) is 12.1 Å². The van der Waals surface area contributed by atoms with E-state index in [0.29, 0.717) is 12.8 Å². The lowest BCUT2D eigenvalue weighted by atomic mass is 9.98. The third-order valence-corrected chi connectivity index (χ3v) is 3.36. The predicted molar refractivity (Wildman–Crippen MR) is 73.9 cm³/mol. The zero-order valence-corrected chi connectivity index (χ0v) is 12.0. The molecule has 0 atom stereocenters. The number of hydrogen-bond acceptors (Lipinski definition) is 2. The Labute approximate surface area is 121 Å².